The summed E-state index contributed by atoms with van der Waals surface area (Å²) in [6.07, 6.45) is -4.65. The standard InChI is InChI=1S/C13H15F3O4/c1-12(2,11(17)18)7-8-19-9-5-3-4-6-10(9)20-13(14,15)16/h3-6H,7-8H2,1-2H3,(H,17,18). The lowest BCUT2D eigenvalue weighted by Crippen LogP contribution is -2.26. The Bertz CT molecular complexity index is 469. The van der Waals surface area contributed by atoms with Crippen molar-refractivity contribution in [1.29, 1.82) is 0 Å². The van der Waals surface area contributed by atoms with Crippen LogP contribution in [0.2, 0.25) is 0 Å². The Hall–Kier alpha value is -1.92. The van der Waals surface area contributed by atoms with Crippen LogP contribution < -0.4 is 9.47 Å². The second-order valence-corrected chi connectivity index (χ2v) is 4.78. The van der Waals surface area contributed by atoms with Gasteiger partial charge in [0.15, 0.2) is 11.5 Å². The summed E-state index contributed by atoms with van der Waals surface area (Å²) < 4.78 is 45.6. The van der Waals surface area contributed by atoms with Gasteiger partial charge in [0, 0.05) is 0 Å². The molecule has 20 heavy (non-hydrogen) atoms. The third kappa shape index (κ3) is 4.99. The van der Waals surface area contributed by atoms with E-state index in [1.54, 1.807) is 0 Å². The smallest absolute Gasteiger partial charge is 0.490 e. The minimum Gasteiger partial charge on any atom is -0.490 e. The predicted octanol–water partition coefficient (Wildman–Crippen LogP) is 3.46. The molecule has 0 saturated heterocycles. The molecule has 0 atom stereocenters. The van der Waals surface area contributed by atoms with Gasteiger partial charge in [-0.15, -0.1) is 13.2 Å². The molecule has 4 nitrogen and oxygen atoms in total. The Balaban J connectivity index is 2.67. The monoisotopic (exact) mass is 292 g/mol. The van der Waals surface area contributed by atoms with Crippen molar-refractivity contribution in [3.63, 3.8) is 0 Å². The van der Waals surface area contributed by atoms with Crippen LogP contribution in [0.4, 0.5) is 13.2 Å². The summed E-state index contributed by atoms with van der Waals surface area (Å²) in [5.41, 5.74) is -1.01. The van der Waals surface area contributed by atoms with Crippen LogP contribution in [-0.2, 0) is 4.79 Å². The highest BCUT2D eigenvalue weighted by atomic mass is 19.4. The van der Waals surface area contributed by atoms with E-state index >= 15 is 0 Å². The molecule has 7 heteroatoms. The zero-order chi connectivity index (χ0) is 15.4. The third-order valence-corrected chi connectivity index (χ3v) is 2.64. The maximum atomic E-state index is 12.2. The van der Waals surface area contributed by atoms with E-state index in [-0.39, 0.29) is 18.8 Å². The van der Waals surface area contributed by atoms with Crippen LogP contribution in [0.5, 0.6) is 11.5 Å². The summed E-state index contributed by atoms with van der Waals surface area (Å²) in [4.78, 5) is 10.9. The molecule has 0 amide bonds. The van der Waals surface area contributed by atoms with E-state index in [0.717, 1.165) is 6.07 Å². The minimum atomic E-state index is -4.81. The van der Waals surface area contributed by atoms with Crippen molar-refractivity contribution in [3.05, 3.63) is 24.3 Å². The molecule has 1 aromatic carbocycles. The number of halogens is 3. The zero-order valence-corrected chi connectivity index (χ0v) is 11.0. The molecule has 0 radical (unpaired) electrons. The topological polar surface area (TPSA) is 55.8 Å². The number of rotatable bonds is 6. The number of hydrogen-bond donors (Lipinski definition) is 1. The number of aliphatic carboxylic acids is 1. The summed E-state index contributed by atoms with van der Waals surface area (Å²) >= 11 is 0. The van der Waals surface area contributed by atoms with Crippen LogP contribution in [0.3, 0.4) is 0 Å². The van der Waals surface area contributed by atoms with Gasteiger partial charge < -0.3 is 14.6 Å². The van der Waals surface area contributed by atoms with Gasteiger partial charge in [-0.05, 0) is 32.4 Å². The molecule has 1 rings (SSSR count). The van der Waals surface area contributed by atoms with Crippen LogP contribution in [0.25, 0.3) is 0 Å². The molecule has 0 aliphatic heterocycles. The largest absolute Gasteiger partial charge is 0.573 e. The van der Waals surface area contributed by atoms with E-state index in [2.05, 4.69) is 4.74 Å². The average molecular weight is 292 g/mol. The van der Waals surface area contributed by atoms with Crippen LogP contribution in [-0.4, -0.2) is 24.0 Å². The van der Waals surface area contributed by atoms with Crippen molar-refractivity contribution in [1.82, 2.24) is 0 Å². The first kappa shape index (κ1) is 16.1. The molecule has 0 spiro atoms. The number of carbonyl (C=O) groups is 1. The molecule has 0 saturated carbocycles. The van der Waals surface area contributed by atoms with Gasteiger partial charge in [0.25, 0.3) is 0 Å². The van der Waals surface area contributed by atoms with Gasteiger partial charge in [-0.2, -0.15) is 0 Å². The molecule has 0 heterocycles. The van der Waals surface area contributed by atoms with Crippen LogP contribution in [0, 0.1) is 5.41 Å². The van der Waals surface area contributed by atoms with Crippen LogP contribution in [0.1, 0.15) is 20.3 Å². The van der Waals surface area contributed by atoms with Gasteiger partial charge in [-0.3, -0.25) is 4.79 Å². The van der Waals surface area contributed by atoms with E-state index in [9.17, 15) is 18.0 Å². The normalized spacial score (nSPS) is 12.1. The van der Waals surface area contributed by atoms with Crippen LogP contribution in [0.15, 0.2) is 24.3 Å². The van der Waals surface area contributed by atoms with Crippen molar-refractivity contribution < 1.29 is 32.5 Å². The van der Waals surface area contributed by atoms with Crippen molar-refractivity contribution in [2.75, 3.05) is 6.61 Å². The number of para-hydroxylation sites is 2. The fourth-order valence-electron chi connectivity index (χ4n) is 1.30. The molecular weight excluding hydrogens is 277 g/mol. The van der Waals surface area contributed by atoms with Crippen molar-refractivity contribution in [2.45, 2.75) is 26.6 Å². The number of carboxylic acid groups (broad SMARTS) is 1. The number of benzene rings is 1. The first-order chi connectivity index (χ1) is 9.12. The molecule has 1 N–H and O–H groups in total. The molecule has 0 aliphatic rings. The maximum absolute atomic E-state index is 12.2. The van der Waals surface area contributed by atoms with Crippen molar-refractivity contribution in [3.8, 4) is 11.5 Å². The predicted molar refractivity (Wildman–Crippen MR) is 64.7 cm³/mol. The van der Waals surface area contributed by atoms with Gasteiger partial charge in [0.1, 0.15) is 0 Å². The summed E-state index contributed by atoms with van der Waals surface area (Å²) in [5.74, 6) is -1.53. The molecule has 112 valence electrons. The number of carboxylic acids is 1. The lowest BCUT2D eigenvalue weighted by Gasteiger charge is -2.20. The Labute approximate surface area is 114 Å². The van der Waals surface area contributed by atoms with Gasteiger partial charge in [-0.25, -0.2) is 0 Å². The summed E-state index contributed by atoms with van der Waals surface area (Å²) in [6.45, 7) is 2.99. The zero-order valence-electron chi connectivity index (χ0n) is 11.0. The first-order valence-electron chi connectivity index (χ1n) is 5.83. The highest BCUT2D eigenvalue weighted by Crippen LogP contribution is 2.32. The second kappa shape index (κ2) is 6.02. The fourth-order valence-corrected chi connectivity index (χ4v) is 1.30. The average Bonchev–Trinajstić information content (AvgIpc) is 2.29. The van der Waals surface area contributed by atoms with Crippen molar-refractivity contribution >= 4 is 5.97 Å². The highest BCUT2D eigenvalue weighted by Gasteiger charge is 2.32. The number of alkyl halides is 3. The second-order valence-electron chi connectivity index (χ2n) is 4.78. The molecule has 1 aromatic rings. The first-order valence-corrected chi connectivity index (χ1v) is 5.83. The molecule has 0 aromatic heterocycles. The quantitative estimate of drug-likeness (QED) is 0.872. The highest BCUT2D eigenvalue weighted by molar-refractivity contribution is 5.73. The van der Waals surface area contributed by atoms with Gasteiger partial charge in [-0.1, -0.05) is 12.1 Å². The Morgan fingerprint density at radius 2 is 1.75 bits per heavy atom. The summed E-state index contributed by atoms with van der Waals surface area (Å²) in [7, 11) is 0. The number of ether oxygens (including phenoxy) is 2. The summed E-state index contributed by atoms with van der Waals surface area (Å²) in [5, 5.41) is 8.92. The Morgan fingerprint density at radius 1 is 1.20 bits per heavy atom. The molecule has 0 aliphatic carbocycles. The van der Waals surface area contributed by atoms with Gasteiger partial charge in [0.05, 0.1) is 12.0 Å². The molecule has 0 fully saturated rings. The summed E-state index contributed by atoms with van der Waals surface area (Å²) in [6, 6.07) is 5.34. The van der Waals surface area contributed by atoms with Gasteiger partial charge >= 0.3 is 12.3 Å². The van der Waals surface area contributed by atoms with E-state index in [0.29, 0.717) is 0 Å². The van der Waals surface area contributed by atoms with Gasteiger partial charge in [0.2, 0.25) is 0 Å². The number of hydrogen-bond acceptors (Lipinski definition) is 3. The van der Waals surface area contributed by atoms with E-state index < -0.39 is 23.5 Å². The lowest BCUT2D eigenvalue weighted by atomic mass is 9.90. The fraction of sp³-hybridized carbons (Fsp3) is 0.462. The maximum Gasteiger partial charge on any atom is 0.573 e. The van der Waals surface area contributed by atoms with E-state index in [1.165, 1.54) is 32.0 Å². The van der Waals surface area contributed by atoms with E-state index in [1.807, 2.05) is 0 Å². The van der Waals surface area contributed by atoms with Crippen LogP contribution >= 0.6 is 0 Å². The molecule has 0 unspecified atom stereocenters. The Kier molecular flexibility index (Phi) is 4.86. The minimum absolute atomic E-state index is 0.0302. The SMILES string of the molecule is CC(C)(CCOc1ccccc1OC(F)(F)F)C(=O)O. The third-order valence-electron chi connectivity index (χ3n) is 2.64. The molecule has 0 bridgehead atoms. The van der Waals surface area contributed by atoms with Crippen molar-refractivity contribution in [2.24, 2.45) is 5.41 Å². The molecular formula is C13H15F3O4. The lowest BCUT2D eigenvalue weighted by molar-refractivity contribution is -0.275. The van der Waals surface area contributed by atoms with E-state index in [4.69, 9.17) is 9.84 Å². The Morgan fingerprint density at radius 3 is 2.25 bits per heavy atom.